The Bertz CT molecular complexity index is 509. The minimum absolute atomic E-state index is 0.377. The van der Waals surface area contributed by atoms with Gasteiger partial charge in [-0.2, -0.15) is 0 Å². The molecule has 2 rings (SSSR count). The molecule has 0 aliphatic heterocycles. The van der Waals surface area contributed by atoms with Gasteiger partial charge in [0.2, 0.25) is 0 Å². The maximum Gasteiger partial charge on any atom is 0.125 e. The fourth-order valence-corrected chi connectivity index (χ4v) is 1.71. The number of halogens is 3. The van der Waals surface area contributed by atoms with Crippen molar-refractivity contribution >= 4 is 40.3 Å². The standard InChI is InChI=1S/C12H9Cl2FN2/c13-7-1-4-10(16)12(5-7)17-11-6-8(15)2-3-9(11)14/h1-6,17H,16H2. The number of anilines is 3. The molecule has 0 saturated carbocycles. The number of benzene rings is 2. The van der Waals surface area contributed by atoms with Crippen molar-refractivity contribution in [3.05, 3.63) is 52.3 Å². The van der Waals surface area contributed by atoms with Gasteiger partial charge in [-0.15, -0.1) is 0 Å². The molecule has 0 bridgehead atoms. The van der Waals surface area contributed by atoms with E-state index in [1.54, 1.807) is 18.2 Å². The lowest BCUT2D eigenvalue weighted by molar-refractivity contribution is 0.628. The molecular weight excluding hydrogens is 262 g/mol. The molecule has 0 heterocycles. The van der Waals surface area contributed by atoms with Gasteiger partial charge in [0.15, 0.2) is 0 Å². The van der Waals surface area contributed by atoms with Crippen LogP contribution in [0.1, 0.15) is 0 Å². The smallest absolute Gasteiger partial charge is 0.125 e. The second kappa shape index (κ2) is 4.82. The summed E-state index contributed by atoms with van der Waals surface area (Å²) in [5.41, 5.74) is 7.31. The average Bonchev–Trinajstić information content (AvgIpc) is 2.28. The third kappa shape index (κ3) is 2.81. The highest BCUT2D eigenvalue weighted by Gasteiger charge is 2.05. The van der Waals surface area contributed by atoms with Crippen LogP contribution < -0.4 is 11.1 Å². The zero-order valence-electron chi connectivity index (χ0n) is 8.68. The van der Waals surface area contributed by atoms with Gasteiger partial charge in [-0.3, -0.25) is 0 Å². The van der Waals surface area contributed by atoms with Crippen LogP contribution >= 0.6 is 23.2 Å². The van der Waals surface area contributed by atoms with E-state index in [1.165, 1.54) is 18.2 Å². The summed E-state index contributed by atoms with van der Waals surface area (Å²) in [6.45, 7) is 0. The number of hydrogen-bond acceptors (Lipinski definition) is 2. The number of nitrogens with one attached hydrogen (secondary N) is 1. The van der Waals surface area contributed by atoms with Crippen LogP contribution in [0.2, 0.25) is 10.0 Å². The fraction of sp³-hybridized carbons (Fsp3) is 0. The molecule has 0 saturated heterocycles. The van der Waals surface area contributed by atoms with E-state index in [-0.39, 0.29) is 5.82 Å². The van der Waals surface area contributed by atoms with Gasteiger partial charge in [-0.25, -0.2) is 4.39 Å². The molecule has 0 atom stereocenters. The van der Waals surface area contributed by atoms with Crippen molar-refractivity contribution in [1.82, 2.24) is 0 Å². The molecule has 88 valence electrons. The van der Waals surface area contributed by atoms with E-state index >= 15 is 0 Å². The van der Waals surface area contributed by atoms with E-state index in [0.29, 0.717) is 27.1 Å². The van der Waals surface area contributed by atoms with Gasteiger partial charge in [0.05, 0.1) is 22.1 Å². The van der Waals surface area contributed by atoms with Gasteiger partial charge < -0.3 is 11.1 Å². The summed E-state index contributed by atoms with van der Waals surface area (Å²) >= 11 is 11.8. The normalized spacial score (nSPS) is 10.3. The van der Waals surface area contributed by atoms with Gasteiger partial charge in [0.25, 0.3) is 0 Å². The van der Waals surface area contributed by atoms with Gasteiger partial charge in [0, 0.05) is 5.02 Å². The zero-order chi connectivity index (χ0) is 12.4. The summed E-state index contributed by atoms with van der Waals surface area (Å²) in [6, 6.07) is 9.04. The van der Waals surface area contributed by atoms with Crippen LogP contribution in [0.15, 0.2) is 36.4 Å². The molecule has 2 aromatic carbocycles. The Morgan fingerprint density at radius 3 is 2.53 bits per heavy atom. The number of hydrogen-bond donors (Lipinski definition) is 2. The first kappa shape index (κ1) is 12.0. The van der Waals surface area contributed by atoms with Crippen LogP contribution in [0, 0.1) is 5.82 Å². The van der Waals surface area contributed by atoms with Crippen molar-refractivity contribution in [3.8, 4) is 0 Å². The molecule has 0 spiro atoms. The monoisotopic (exact) mass is 270 g/mol. The highest BCUT2D eigenvalue weighted by molar-refractivity contribution is 6.33. The van der Waals surface area contributed by atoms with Crippen LogP contribution in [0.4, 0.5) is 21.5 Å². The van der Waals surface area contributed by atoms with E-state index in [9.17, 15) is 4.39 Å². The van der Waals surface area contributed by atoms with Crippen molar-refractivity contribution in [1.29, 1.82) is 0 Å². The highest BCUT2D eigenvalue weighted by atomic mass is 35.5. The molecule has 0 unspecified atom stereocenters. The van der Waals surface area contributed by atoms with Crippen LogP contribution in [0.25, 0.3) is 0 Å². The molecule has 0 radical (unpaired) electrons. The molecular formula is C12H9Cl2FN2. The first-order valence-corrected chi connectivity index (χ1v) is 5.59. The third-order valence-corrected chi connectivity index (χ3v) is 2.78. The average molecular weight is 271 g/mol. The maximum absolute atomic E-state index is 13.1. The van der Waals surface area contributed by atoms with Gasteiger partial charge in [-0.1, -0.05) is 23.2 Å². The van der Waals surface area contributed by atoms with Crippen molar-refractivity contribution in [2.75, 3.05) is 11.1 Å². The Morgan fingerprint density at radius 2 is 1.76 bits per heavy atom. The van der Waals surface area contributed by atoms with E-state index < -0.39 is 0 Å². The molecule has 0 fully saturated rings. The number of nitrogens with two attached hydrogens (primary N) is 1. The van der Waals surface area contributed by atoms with Gasteiger partial charge in [-0.05, 0) is 36.4 Å². The minimum Gasteiger partial charge on any atom is -0.397 e. The van der Waals surface area contributed by atoms with Crippen LogP contribution in [0.5, 0.6) is 0 Å². The van der Waals surface area contributed by atoms with Crippen LogP contribution in [0.3, 0.4) is 0 Å². The lowest BCUT2D eigenvalue weighted by Gasteiger charge is -2.11. The summed E-state index contributed by atoms with van der Waals surface area (Å²) in [5, 5.41) is 3.89. The summed E-state index contributed by atoms with van der Waals surface area (Å²) in [6.07, 6.45) is 0. The minimum atomic E-state index is -0.377. The maximum atomic E-state index is 13.1. The quantitative estimate of drug-likeness (QED) is 0.791. The van der Waals surface area contributed by atoms with Crippen LogP contribution in [-0.4, -0.2) is 0 Å². The Labute approximate surface area is 108 Å². The number of rotatable bonds is 2. The Hall–Kier alpha value is -1.45. The first-order valence-electron chi connectivity index (χ1n) is 4.83. The topological polar surface area (TPSA) is 38.0 Å². The molecule has 2 aromatic rings. The molecule has 3 N–H and O–H groups in total. The zero-order valence-corrected chi connectivity index (χ0v) is 10.2. The highest BCUT2D eigenvalue weighted by Crippen LogP contribution is 2.30. The predicted octanol–water partition coefficient (Wildman–Crippen LogP) is 4.46. The van der Waals surface area contributed by atoms with Crippen LogP contribution in [-0.2, 0) is 0 Å². The van der Waals surface area contributed by atoms with E-state index in [0.717, 1.165) is 0 Å². The second-order valence-corrected chi connectivity index (χ2v) is 4.32. The molecule has 0 amide bonds. The van der Waals surface area contributed by atoms with Gasteiger partial charge in [0.1, 0.15) is 5.82 Å². The summed E-state index contributed by atoms with van der Waals surface area (Å²) < 4.78 is 13.1. The fourth-order valence-electron chi connectivity index (χ4n) is 1.38. The second-order valence-electron chi connectivity index (χ2n) is 3.48. The lowest BCUT2D eigenvalue weighted by Crippen LogP contribution is -1.97. The first-order chi connectivity index (χ1) is 8.06. The Morgan fingerprint density at radius 1 is 1.00 bits per heavy atom. The molecule has 2 nitrogen and oxygen atoms in total. The van der Waals surface area contributed by atoms with Crippen molar-refractivity contribution < 1.29 is 4.39 Å². The Kier molecular flexibility index (Phi) is 3.41. The SMILES string of the molecule is Nc1ccc(Cl)cc1Nc1cc(F)ccc1Cl. The lowest BCUT2D eigenvalue weighted by atomic mass is 10.2. The van der Waals surface area contributed by atoms with Crippen molar-refractivity contribution in [2.24, 2.45) is 0 Å². The van der Waals surface area contributed by atoms with Gasteiger partial charge >= 0.3 is 0 Å². The summed E-state index contributed by atoms with van der Waals surface area (Å²) in [5.74, 6) is -0.377. The van der Waals surface area contributed by atoms with Crippen molar-refractivity contribution in [3.63, 3.8) is 0 Å². The molecule has 0 aromatic heterocycles. The third-order valence-electron chi connectivity index (χ3n) is 2.21. The van der Waals surface area contributed by atoms with E-state index in [1.807, 2.05) is 0 Å². The largest absolute Gasteiger partial charge is 0.397 e. The predicted molar refractivity (Wildman–Crippen MR) is 70.6 cm³/mol. The van der Waals surface area contributed by atoms with Crippen molar-refractivity contribution in [2.45, 2.75) is 0 Å². The molecule has 0 aliphatic carbocycles. The van der Waals surface area contributed by atoms with E-state index in [2.05, 4.69) is 5.32 Å². The molecule has 5 heteroatoms. The number of nitrogen functional groups attached to an aromatic ring is 1. The summed E-state index contributed by atoms with van der Waals surface area (Å²) in [4.78, 5) is 0. The molecule has 17 heavy (non-hydrogen) atoms. The Balaban J connectivity index is 2.37. The summed E-state index contributed by atoms with van der Waals surface area (Å²) in [7, 11) is 0. The van der Waals surface area contributed by atoms with E-state index in [4.69, 9.17) is 28.9 Å². The molecule has 0 aliphatic rings.